The van der Waals surface area contributed by atoms with E-state index in [1.165, 1.54) is 13.8 Å². The summed E-state index contributed by atoms with van der Waals surface area (Å²) in [5.41, 5.74) is 10.8. The summed E-state index contributed by atoms with van der Waals surface area (Å²) in [5, 5.41) is 55.7. The van der Waals surface area contributed by atoms with E-state index in [1.54, 1.807) is 19.6 Å². The second-order valence-corrected chi connectivity index (χ2v) is 25.9. The Balaban J connectivity index is 2.32. The summed E-state index contributed by atoms with van der Waals surface area (Å²) in [4.78, 5) is 188. The molecule has 0 saturated carbocycles. The summed E-state index contributed by atoms with van der Waals surface area (Å²) >= 11 is 0. The molecule has 1 saturated heterocycles. The van der Waals surface area contributed by atoms with Gasteiger partial charge in [0, 0.05) is 111 Å². The SMILES string of the molecule is CC(=O)CN[C@@H](CCCCNC(=O)COCCOCCNC(=O)COCCOCCNC(=O)CCCC(=O)NCCCC[C@H](NC(=O)COCCOCCNC(=O)COCCOCCNC(=O)CN1CCN(CC(=O)O)CCN(CC(=O)O)CCN(CC(=O)O)CC1)C(=O)NCCCC[C@H](NCC(C)=O)C(N)=O)C(N)=O. The number of carboxylic acids is 3. The number of rotatable bonds is 69. The van der Waals surface area contributed by atoms with Gasteiger partial charge in [0.25, 0.3) is 0 Å². The van der Waals surface area contributed by atoms with Crippen LogP contribution in [-0.2, 0) is 110 Å². The fourth-order valence-electron chi connectivity index (χ4n) is 10.3. The van der Waals surface area contributed by atoms with Gasteiger partial charge in [-0.2, -0.15) is 0 Å². The van der Waals surface area contributed by atoms with Gasteiger partial charge in [0.2, 0.25) is 59.1 Å². The number of ketones is 2. The minimum atomic E-state index is -1.06. The van der Waals surface area contributed by atoms with Crippen LogP contribution in [0, 0.1) is 0 Å². The maximum Gasteiger partial charge on any atom is 0.317 e. The van der Waals surface area contributed by atoms with Crippen molar-refractivity contribution in [2.75, 3.05) is 243 Å². The molecule has 1 fully saturated rings. The van der Waals surface area contributed by atoms with Crippen LogP contribution in [0.15, 0.2) is 0 Å². The number of nitrogens with two attached hydrogens (primary N) is 2. The molecule has 1 aliphatic rings. The highest BCUT2D eigenvalue weighted by molar-refractivity contribution is 5.88. The fourth-order valence-corrected chi connectivity index (χ4v) is 10.3. The molecule has 42 nitrogen and oxygen atoms in total. The quantitative estimate of drug-likeness (QED) is 0.0252. The summed E-state index contributed by atoms with van der Waals surface area (Å²) in [6.45, 7) is 6.22. The Morgan fingerprint density at radius 1 is 0.315 bits per heavy atom. The molecule has 0 spiro atoms. The Bertz CT molecular complexity index is 2720. The number of carbonyl (C=O) groups is 15. The van der Waals surface area contributed by atoms with E-state index in [0.29, 0.717) is 57.9 Å². The smallest absolute Gasteiger partial charge is 0.317 e. The highest BCUT2D eigenvalue weighted by atomic mass is 16.5. The largest absolute Gasteiger partial charge is 0.480 e. The molecule has 0 radical (unpaired) electrons. The summed E-state index contributed by atoms with van der Waals surface area (Å²) in [7, 11) is 0. The molecule has 1 heterocycles. The van der Waals surface area contributed by atoms with Crippen LogP contribution in [-0.4, -0.2) is 385 Å². The molecule has 10 amide bonds. The average Bonchev–Trinajstić information content (AvgIpc) is 1.04. The van der Waals surface area contributed by atoms with E-state index in [2.05, 4.69) is 53.2 Å². The van der Waals surface area contributed by atoms with Gasteiger partial charge in [0.15, 0.2) is 0 Å². The van der Waals surface area contributed by atoms with Crippen molar-refractivity contribution in [1.29, 1.82) is 0 Å². The number of hydrogen-bond donors (Lipinski definition) is 15. The minimum absolute atomic E-state index is 0.00941. The Kier molecular flexibility index (Phi) is 60.4. The molecule has 0 unspecified atom stereocenters. The van der Waals surface area contributed by atoms with Crippen molar-refractivity contribution < 1.29 is 125 Å². The molecule has 1 rings (SSSR count). The van der Waals surface area contributed by atoms with Crippen LogP contribution in [0.3, 0.4) is 0 Å². The first-order chi connectivity index (χ1) is 53.2. The first-order valence-electron chi connectivity index (χ1n) is 37.6. The standard InChI is InChI=1S/C69H124N16O26/c1-52(86)42-79-54(67(70)101)10-3-6-16-73-60(91)48-108-38-36-106-32-20-76-61(92)49-109-39-34-104-30-18-74-58(89)14-9-13-57(88)72-15-7-5-12-56(69(103)78-17-8-4-11-55(68(71)102)80-43-53(2)87)81-63(94)51-111-41-37-107-33-21-77-62(93)50-110-40-35-105-31-19-75-59(90)44-82-22-24-83(45-64(95)96)26-28-85(47-66(99)100)29-27-84(25-23-82)46-65(97)98/h54-56,79-80H,3-51H2,1-2H3,(H2,70,101)(H2,71,102)(H,72,88)(H,73,91)(H,74,89)(H,75,90)(H,76,92)(H,77,93)(H,78,103)(H,81,94)(H,95,96)(H,97,98)(H,99,100)/t54-,55-,56-/m0/s1. The van der Waals surface area contributed by atoms with Crippen LogP contribution in [0.5, 0.6) is 0 Å². The van der Waals surface area contributed by atoms with Crippen LogP contribution in [0.25, 0.3) is 0 Å². The molecule has 42 heteroatoms. The van der Waals surface area contributed by atoms with Crippen molar-refractivity contribution >= 4 is 88.5 Å². The summed E-state index contributed by atoms with van der Waals surface area (Å²) in [5.74, 6) is -7.58. The molecule has 0 aromatic carbocycles. The van der Waals surface area contributed by atoms with E-state index in [4.69, 9.17) is 49.4 Å². The molecule has 0 aromatic heterocycles. The zero-order valence-electron chi connectivity index (χ0n) is 64.6. The van der Waals surface area contributed by atoms with Crippen molar-refractivity contribution in [2.24, 2.45) is 11.5 Å². The predicted octanol–water partition coefficient (Wildman–Crippen LogP) is -7.36. The summed E-state index contributed by atoms with van der Waals surface area (Å²) in [6.07, 6.45) is 4.52. The van der Waals surface area contributed by atoms with Crippen molar-refractivity contribution in [1.82, 2.24) is 72.8 Å². The first-order valence-corrected chi connectivity index (χ1v) is 37.6. The van der Waals surface area contributed by atoms with Crippen molar-refractivity contribution in [2.45, 2.75) is 109 Å². The third kappa shape index (κ3) is 62.2. The average molecular weight is 1590 g/mol. The fraction of sp³-hybridized carbons (Fsp3) is 0.783. The van der Waals surface area contributed by atoms with Gasteiger partial charge < -0.3 is 107 Å². The first kappa shape index (κ1) is 101. The summed E-state index contributed by atoms with van der Waals surface area (Å²) in [6, 6.07) is -2.30. The number of nitrogens with zero attached hydrogens (tertiary/aromatic N) is 4. The number of nitrogens with one attached hydrogen (secondary N) is 10. The lowest BCUT2D eigenvalue weighted by Crippen LogP contribution is -2.50. The van der Waals surface area contributed by atoms with E-state index < -0.39 is 72.2 Å². The third-order valence-corrected chi connectivity index (χ3v) is 16.1. The van der Waals surface area contributed by atoms with Crippen LogP contribution >= 0.6 is 0 Å². The lowest BCUT2D eigenvalue weighted by atomic mass is 10.1. The maximum absolute atomic E-state index is 13.4. The predicted molar refractivity (Wildman–Crippen MR) is 397 cm³/mol. The lowest BCUT2D eigenvalue weighted by Gasteiger charge is -2.32. The van der Waals surface area contributed by atoms with Crippen molar-refractivity contribution in [3.05, 3.63) is 0 Å². The van der Waals surface area contributed by atoms with Gasteiger partial charge in [-0.05, 0) is 78.1 Å². The molecule has 0 aliphatic carbocycles. The molecule has 111 heavy (non-hydrogen) atoms. The highest BCUT2D eigenvalue weighted by Gasteiger charge is 2.24. The van der Waals surface area contributed by atoms with E-state index in [0.717, 1.165) is 0 Å². The highest BCUT2D eigenvalue weighted by Crippen LogP contribution is 2.07. The van der Waals surface area contributed by atoms with Crippen molar-refractivity contribution in [3.63, 3.8) is 0 Å². The van der Waals surface area contributed by atoms with Crippen LogP contribution in [0.4, 0.5) is 0 Å². The normalized spacial score (nSPS) is 14.1. The third-order valence-electron chi connectivity index (χ3n) is 16.1. The second kappa shape index (κ2) is 66.5. The number of unbranched alkanes of at least 4 members (excludes halogenated alkanes) is 3. The van der Waals surface area contributed by atoms with Gasteiger partial charge in [-0.15, -0.1) is 0 Å². The molecule has 0 bridgehead atoms. The van der Waals surface area contributed by atoms with Gasteiger partial charge in [0.1, 0.15) is 44.0 Å². The number of amides is 10. The zero-order chi connectivity index (χ0) is 82.1. The van der Waals surface area contributed by atoms with Gasteiger partial charge in [-0.25, -0.2) is 0 Å². The Labute approximate surface area is 647 Å². The molecule has 1 aliphatic heterocycles. The number of aliphatic carboxylic acids is 3. The van der Waals surface area contributed by atoms with Gasteiger partial charge >= 0.3 is 17.9 Å². The number of carbonyl (C=O) groups excluding carboxylic acids is 12. The van der Waals surface area contributed by atoms with E-state index in [1.807, 2.05) is 0 Å². The Morgan fingerprint density at radius 3 is 0.928 bits per heavy atom. The lowest BCUT2D eigenvalue weighted by molar-refractivity contribution is -0.140. The van der Waals surface area contributed by atoms with Crippen LogP contribution < -0.4 is 64.6 Å². The molecular weight excluding hydrogens is 1470 g/mol. The molecule has 17 N–H and O–H groups in total. The zero-order valence-corrected chi connectivity index (χ0v) is 64.6. The Morgan fingerprint density at radius 2 is 0.595 bits per heavy atom. The van der Waals surface area contributed by atoms with E-state index >= 15 is 0 Å². The molecule has 636 valence electrons. The monoisotopic (exact) mass is 1590 g/mol. The number of primary amides is 2. The summed E-state index contributed by atoms with van der Waals surface area (Å²) < 4.78 is 43.3. The number of carboxylic acid groups (broad SMARTS) is 3. The number of hydrogen-bond acceptors (Lipinski definition) is 29. The van der Waals surface area contributed by atoms with Crippen LogP contribution in [0.1, 0.15) is 90.9 Å². The van der Waals surface area contributed by atoms with E-state index in [9.17, 15) is 87.2 Å². The molecule has 3 atom stereocenters. The molecular formula is C69H124N16O26. The van der Waals surface area contributed by atoms with E-state index in [-0.39, 0.29) is 297 Å². The number of Topliss-reactive ketones (excluding diaryl/α,β-unsaturated/α-hetero) is 2. The number of ether oxygens (including phenoxy) is 8. The van der Waals surface area contributed by atoms with Gasteiger partial charge in [-0.3, -0.25) is 102 Å². The minimum Gasteiger partial charge on any atom is -0.480 e. The topological polar surface area (TPSA) is 576 Å². The van der Waals surface area contributed by atoms with Gasteiger partial charge in [0.05, 0.1) is 131 Å². The molecule has 0 aromatic rings. The van der Waals surface area contributed by atoms with Gasteiger partial charge in [-0.1, -0.05) is 0 Å². The van der Waals surface area contributed by atoms with Crippen molar-refractivity contribution in [3.8, 4) is 0 Å². The Hall–Kier alpha value is -8.11. The van der Waals surface area contributed by atoms with Crippen LogP contribution in [0.2, 0.25) is 0 Å². The second-order valence-electron chi connectivity index (χ2n) is 25.9. The maximum atomic E-state index is 13.4.